The number of hydrogen-bond acceptors (Lipinski definition) is 1. The maximum Gasteiger partial charge on any atom is 0.109 e. The molecule has 0 radical (unpaired) electrons. The highest BCUT2D eigenvalue weighted by Crippen LogP contribution is 2.22. The predicted octanol–water partition coefficient (Wildman–Crippen LogP) is 1.81. The lowest BCUT2D eigenvalue weighted by atomic mass is 10.1. The lowest BCUT2D eigenvalue weighted by Crippen LogP contribution is -1.77. The van der Waals surface area contributed by atoms with E-state index >= 15 is 0 Å². The first-order valence-electron chi connectivity index (χ1n) is 3.05. The molecule has 9 heavy (non-hydrogen) atoms. The quantitative estimate of drug-likeness (QED) is 0.532. The van der Waals surface area contributed by atoms with Crippen LogP contribution in [0.5, 0.6) is 0 Å². The Morgan fingerprint density at radius 1 is 1.11 bits per heavy atom. The number of benzene rings is 1. The number of nitrogens with zero attached hydrogens (tertiary/aromatic N) is 1. The van der Waals surface area contributed by atoms with Crippen LogP contribution in [0.25, 0.3) is 0 Å². The van der Waals surface area contributed by atoms with Crippen LogP contribution in [-0.4, -0.2) is 6.21 Å². The molecule has 1 nitrogen and oxygen atoms in total. The fraction of sp³-hybridized carbons (Fsp3) is 0.125. The van der Waals surface area contributed by atoms with Crippen LogP contribution in [-0.2, 0) is 0 Å². The first-order chi connectivity index (χ1) is 4.47. The van der Waals surface area contributed by atoms with Gasteiger partial charge in [-0.25, -0.2) is 0 Å². The van der Waals surface area contributed by atoms with E-state index < -0.39 is 0 Å². The largest absolute Gasteiger partial charge is 0.281 e. The van der Waals surface area contributed by atoms with Crippen LogP contribution in [0.4, 0.5) is 0 Å². The van der Waals surface area contributed by atoms with Gasteiger partial charge in [-0.1, -0.05) is 30.3 Å². The van der Waals surface area contributed by atoms with Gasteiger partial charge in [-0.3, -0.25) is 4.99 Å². The summed E-state index contributed by atoms with van der Waals surface area (Å²) in [5.74, 6) is 0. The van der Waals surface area contributed by atoms with E-state index in [1.807, 2.05) is 24.4 Å². The van der Waals surface area contributed by atoms with Crippen LogP contribution in [0, 0.1) is 0 Å². The Hall–Kier alpha value is -1.11. The van der Waals surface area contributed by atoms with Crippen molar-refractivity contribution in [2.45, 2.75) is 6.04 Å². The molecule has 0 bridgehead atoms. The molecule has 1 atom stereocenters. The molecule has 2 rings (SSSR count). The van der Waals surface area contributed by atoms with Crippen molar-refractivity contribution in [2.75, 3.05) is 0 Å². The van der Waals surface area contributed by atoms with Gasteiger partial charge in [-0.15, -0.1) is 0 Å². The van der Waals surface area contributed by atoms with Gasteiger partial charge in [0.2, 0.25) is 0 Å². The van der Waals surface area contributed by atoms with Crippen molar-refractivity contribution >= 4 is 6.21 Å². The van der Waals surface area contributed by atoms with E-state index in [4.69, 9.17) is 0 Å². The molecule has 0 spiro atoms. The second kappa shape index (κ2) is 1.69. The molecule has 44 valence electrons. The average molecular weight is 117 g/mol. The Bertz CT molecular complexity index is 220. The summed E-state index contributed by atoms with van der Waals surface area (Å²) >= 11 is 0. The van der Waals surface area contributed by atoms with E-state index in [0.717, 1.165) is 0 Å². The third kappa shape index (κ3) is 0.854. The van der Waals surface area contributed by atoms with Gasteiger partial charge in [0.25, 0.3) is 0 Å². The van der Waals surface area contributed by atoms with Gasteiger partial charge in [0, 0.05) is 6.21 Å². The SMILES string of the molecule is C1=NC1c1ccccc1. The Morgan fingerprint density at radius 3 is 2.33 bits per heavy atom. The van der Waals surface area contributed by atoms with E-state index in [9.17, 15) is 0 Å². The summed E-state index contributed by atoms with van der Waals surface area (Å²) in [6, 6.07) is 10.7. The molecule has 1 aromatic rings. The molecule has 1 aromatic carbocycles. The Labute approximate surface area is 54.1 Å². The van der Waals surface area contributed by atoms with Crippen LogP contribution in [0.3, 0.4) is 0 Å². The molecule has 0 saturated carbocycles. The van der Waals surface area contributed by atoms with Crippen LogP contribution < -0.4 is 0 Å². The standard InChI is InChI=1S/C8H7N/c1-2-4-7(5-3-1)8-6-9-8/h1-6,8H. The molecule has 0 saturated heterocycles. The van der Waals surface area contributed by atoms with Gasteiger partial charge < -0.3 is 0 Å². The zero-order valence-electron chi connectivity index (χ0n) is 4.99. The summed E-state index contributed by atoms with van der Waals surface area (Å²) in [6.45, 7) is 0. The summed E-state index contributed by atoms with van der Waals surface area (Å²) < 4.78 is 0. The monoisotopic (exact) mass is 117 g/mol. The molecular formula is C8H7N. The van der Waals surface area contributed by atoms with Crippen molar-refractivity contribution < 1.29 is 0 Å². The molecule has 1 aliphatic rings. The number of hydrogen-bond donors (Lipinski definition) is 0. The first kappa shape index (κ1) is 4.74. The van der Waals surface area contributed by atoms with E-state index in [1.165, 1.54) is 5.56 Å². The van der Waals surface area contributed by atoms with Crippen molar-refractivity contribution in [1.82, 2.24) is 0 Å². The first-order valence-corrected chi connectivity index (χ1v) is 3.05. The smallest absolute Gasteiger partial charge is 0.109 e. The molecule has 0 aliphatic carbocycles. The summed E-state index contributed by atoms with van der Waals surface area (Å²) in [6.07, 6.45) is 1.95. The van der Waals surface area contributed by atoms with Crippen LogP contribution in [0.15, 0.2) is 35.3 Å². The second-order valence-corrected chi connectivity index (χ2v) is 2.15. The predicted molar refractivity (Wildman–Crippen MR) is 37.7 cm³/mol. The fourth-order valence-corrected chi connectivity index (χ4v) is 0.865. The minimum atomic E-state index is 0.409. The lowest BCUT2D eigenvalue weighted by Gasteiger charge is -1.91. The molecular weight excluding hydrogens is 110 g/mol. The lowest BCUT2D eigenvalue weighted by molar-refractivity contribution is 1.14. The van der Waals surface area contributed by atoms with Gasteiger partial charge in [-0.05, 0) is 5.56 Å². The highest BCUT2D eigenvalue weighted by molar-refractivity contribution is 5.79. The van der Waals surface area contributed by atoms with Gasteiger partial charge in [0.15, 0.2) is 0 Å². The van der Waals surface area contributed by atoms with Gasteiger partial charge >= 0.3 is 0 Å². The average Bonchev–Trinajstić information content (AvgIpc) is 2.71. The molecule has 0 amide bonds. The number of rotatable bonds is 1. The zero-order valence-corrected chi connectivity index (χ0v) is 4.99. The van der Waals surface area contributed by atoms with E-state index in [0.29, 0.717) is 6.04 Å². The summed E-state index contributed by atoms with van der Waals surface area (Å²) in [7, 11) is 0. The molecule has 0 fully saturated rings. The Balaban J connectivity index is 2.30. The highest BCUT2D eigenvalue weighted by atomic mass is 14.9. The maximum atomic E-state index is 4.05. The Morgan fingerprint density at radius 2 is 1.78 bits per heavy atom. The minimum absolute atomic E-state index is 0.409. The van der Waals surface area contributed by atoms with Crippen LogP contribution in [0.2, 0.25) is 0 Å². The third-order valence-electron chi connectivity index (χ3n) is 1.44. The van der Waals surface area contributed by atoms with E-state index in [2.05, 4.69) is 17.1 Å². The number of aliphatic imine (C=N–C) groups is 1. The van der Waals surface area contributed by atoms with Crippen molar-refractivity contribution in [1.29, 1.82) is 0 Å². The zero-order chi connectivity index (χ0) is 6.10. The summed E-state index contributed by atoms with van der Waals surface area (Å²) in [5.41, 5.74) is 1.30. The Kier molecular flexibility index (Phi) is 0.890. The third-order valence-corrected chi connectivity index (χ3v) is 1.44. The molecule has 1 aliphatic heterocycles. The molecule has 1 heteroatoms. The van der Waals surface area contributed by atoms with Crippen molar-refractivity contribution in [3.8, 4) is 0 Å². The van der Waals surface area contributed by atoms with Gasteiger partial charge in [0.05, 0.1) is 0 Å². The molecule has 1 heterocycles. The van der Waals surface area contributed by atoms with Crippen molar-refractivity contribution in [3.63, 3.8) is 0 Å². The van der Waals surface area contributed by atoms with Gasteiger partial charge in [-0.2, -0.15) is 0 Å². The summed E-state index contributed by atoms with van der Waals surface area (Å²) in [4.78, 5) is 4.05. The normalized spacial score (nSPS) is 22.0. The topological polar surface area (TPSA) is 12.4 Å². The molecule has 0 aromatic heterocycles. The maximum absolute atomic E-state index is 4.05. The van der Waals surface area contributed by atoms with Gasteiger partial charge in [0.1, 0.15) is 6.04 Å². The van der Waals surface area contributed by atoms with Crippen molar-refractivity contribution in [2.24, 2.45) is 4.99 Å². The van der Waals surface area contributed by atoms with Crippen LogP contribution >= 0.6 is 0 Å². The second-order valence-electron chi connectivity index (χ2n) is 2.15. The van der Waals surface area contributed by atoms with E-state index in [-0.39, 0.29) is 0 Å². The minimum Gasteiger partial charge on any atom is -0.281 e. The van der Waals surface area contributed by atoms with Crippen LogP contribution in [0.1, 0.15) is 11.6 Å². The molecule has 1 unspecified atom stereocenters. The fourth-order valence-electron chi connectivity index (χ4n) is 0.865. The summed E-state index contributed by atoms with van der Waals surface area (Å²) in [5, 5.41) is 0. The molecule has 0 N–H and O–H groups in total. The van der Waals surface area contributed by atoms with E-state index in [1.54, 1.807) is 0 Å². The highest BCUT2D eigenvalue weighted by Gasteiger charge is 2.13. The van der Waals surface area contributed by atoms with Crippen molar-refractivity contribution in [3.05, 3.63) is 35.9 Å².